The van der Waals surface area contributed by atoms with Crippen LogP contribution in [0.15, 0.2) is 42.7 Å². The number of benzene rings is 2. The number of halogens is 2. The van der Waals surface area contributed by atoms with E-state index in [9.17, 15) is 23.5 Å². The van der Waals surface area contributed by atoms with Crippen molar-refractivity contribution in [2.75, 3.05) is 6.54 Å². The van der Waals surface area contributed by atoms with Gasteiger partial charge in [-0.2, -0.15) is 5.10 Å². The minimum atomic E-state index is -1.26. The number of pyridine rings is 1. The normalized spacial score (nSPS) is 11.1. The fraction of sp³-hybridized carbons (Fsp3) is 0.0526. The van der Waals surface area contributed by atoms with Crippen LogP contribution in [0.3, 0.4) is 0 Å². The summed E-state index contributed by atoms with van der Waals surface area (Å²) in [7, 11) is 0. The molecule has 0 unspecified atom stereocenters. The molecular formula is C19H12F2N4O4. The zero-order valence-corrected chi connectivity index (χ0v) is 14.6. The van der Waals surface area contributed by atoms with Crippen molar-refractivity contribution in [2.24, 2.45) is 0 Å². The maximum atomic E-state index is 13.7. The van der Waals surface area contributed by atoms with Crippen molar-refractivity contribution < 1.29 is 28.6 Å². The van der Waals surface area contributed by atoms with Gasteiger partial charge in [0.15, 0.2) is 17.1 Å². The van der Waals surface area contributed by atoms with E-state index in [2.05, 4.69) is 15.4 Å². The number of rotatable bonds is 4. The quantitative estimate of drug-likeness (QED) is 0.486. The van der Waals surface area contributed by atoms with E-state index in [0.717, 1.165) is 29.0 Å². The van der Waals surface area contributed by atoms with E-state index in [1.807, 2.05) is 0 Å². The summed E-state index contributed by atoms with van der Waals surface area (Å²) >= 11 is 0. The summed E-state index contributed by atoms with van der Waals surface area (Å²) in [6.07, 6.45) is 1.14. The highest BCUT2D eigenvalue weighted by Gasteiger charge is 2.23. The number of aromatic nitrogens is 3. The zero-order chi connectivity index (χ0) is 20.7. The molecule has 146 valence electrons. The number of aliphatic carboxylic acids is 1. The Morgan fingerprint density at radius 2 is 1.86 bits per heavy atom. The molecular weight excluding hydrogens is 386 g/mol. The lowest BCUT2D eigenvalue weighted by atomic mass is 9.97. The molecule has 0 fully saturated rings. The first kappa shape index (κ1) is 18.3. The largest absolute Gasteiger partial charge is 0.505 e. The van der Waals surface area contributed by atoms with E-state index < -0.39 is 35.8 Å². The highest BCUT2D eigenvalue weighted by Crippen LogP contribution is 2.37. The summed E-state index contributed by atoms with van der Waals surface area (Å²) in [6.45, 7) is -0.658. The summed E-state index contributed by atoms with van der Waals surface area (Å²) in [5.41, 5.74) is 0.416. The van der Waals surface area contributed by atoms with Gasteiger partial charge in [-0.15, -0.1) is 0 Å². The van der Waals surface area contributed by atoms with Crippen LogP contribution in [0.1, 0.15) is 10.5 Å². The van der Waals surface area contributed by atoms with Gasteiger partial charge < -0.3 is 15.5 Å². The molecule has 0 aliphatic carbocycles. The van der Waals surface area contributed by atoms with E-state index in [0.29, 0.717) is 10.9 Å². The number of aromatic hydroxyl groups is 1. The molecule has 10 heteroatoms. The van der Waals surface area contributed by atoms with E-state index >= 15 is 0 Å². The third-order valence-electron chi connectivity index (χ3n) is 4.32. The Hall–Kier alpha value is -4.08. The fourth-order valence-electron chi connectivity index (χ4n) is 3.19. The topological polar surface area (TPSA) is 117 Å². The lowest BCUT2D eigenvalue weighted by molar-refractivity contribution is -0.135. The SMILES string of the molecule is O=C(O)CNC(=O)c1c(O)c2cccc(-c3cc(F)cc(F)c3)c2c2ncnn12. The molecule has 2 heterocycles. The average Bonchev–Trinajstić information content (AvgIpc) is 3.14. The molecule has 4 aromatic rings. The fourth-order valence-corrected chi connectivity index (χ4v) is 3.19. The summed E-state index contributed by atoms with van der Waals surface area (Å²) in [4.78, 5) is 27.3. The van der Waals surface area contributed by atoms with E-state index in [-0.39, 0.29) is 22.3 Å². The number of carbonyl (C=O) groups is 2. The van der Waals surface area contributed by atoms with Gasteiger partial charge in [0.25, 0.3) is 5.91 Å². The van der Waals surface area contributed by atoms with Gasteiger partial charge in [-0.25, -0.2) is 18.3 Å². The molecule has 8 nitrogen and oxygen atoms in total. The van der Waals surface area contributed by atoms with Gasteiger partial charge in [0.05, 0.1) is 0 Å². The summed E-state index contributed by atoms with van der Waals surface area (Å²) in [5, 5.41) is 26.1. The molecule has 4 rings (SSSR count). The van der Waals surface area contributed by atoms with Gasteiger partial charge in [0, 0.05) is 16.8 Å². The Morgan fingerprint density at radius 1 is 1.14 bits per heavy atom. The first-order valence-electron chi connectivity index (χ1n) is 8.30. The maximum absolute atomic E-state index is 13.7. The van der Waals surface area contributed by atoms with Crippen molar-refractivity contribution in [3.8, 4) is 16.9 Å². The number of nitrogens with one attached hydrogen (secondary N) is 1. The van der Waals surface area contributed by atoms with Crippen LogP contribution in [-0.4, -0.2) is 43.2 Å². The predicted octanol–water partition coefficient (Wildman–Crippen LogP) is 2.35. The number of nitrogens with zero attached hydrogens (tertiary/aromatic N) is 3. The van der Waals surface area contributed by atoms with Gasteiger partial charge in [0.1, 0.15) is 24.5 Å². The van der Waals surface area contributed by atoms with Crippen molar-refractivity contribution >= 4 is 28.3 Å². The molecule has 2 aromatic heterocycles. The minimum Gasteiger partial charge on any atom is -0.505 e. The molecule has 0 aliphatic rings. The Balaban J connectivity index is 2.02. The molecule has 0 aliphatic heterocycles. The highest BCUT2D eigenvalue weighted by atomic mass is 19.1. The zero-order valence-electron chi connectivity index (χ0n) is 14.6. The van der Waals surface area contributed by atoms with Gasteiger partial charge in [-0.05, 0) is 23.3 Å². The van der Waals surface area contributed by atoms with Crippen molar-refractivity contribution in [1.82, 2.24) is 19.9 Å². The van der Waals surface area contributed by atoms with Crippen LogP contribution in [0, 0.1) is 11.6 Å². The van der Waals surface area contributed by atoms with Crippen LogP contribution in [0.25, 0.3) is 27.5 Å². The lowest BCUT2D eigenvalue weighted by Crippen LogP contribution is -2.31. The molecule has 0 radical (unpaired) electrons. The van der Waals surface area contributed by atoms with Crippen LogP contribution in [0.2, 0.25) is 0 Å². The smallest absolute Gasteiger partial charge is 0.322 e. The van der Waals surface area contributed by atoms with Gasteiger partial charge in [-0.3, -0.25) is 9.59 Å². The van der Waals surface area contributed by atoms with Crippen molar-refractivity contribution in [1.29, 1.82) is 0 Å². The molecule has 0 spiro atoms. The summed E-state index contributed by atoms with van der Waals surface area (Å²) in [5.74, 6) is -4.15. The molecule has 3 N–H and O–H groups in total. The van der Waals surface area contributed by atoms with Gasteiger partial charge in [0.2, 0.25) is 0 Å². The molecule has 0 bridgehead atoms. The first-order valence-corrected chi connectivity index (χ1v) is 8.30. The number of carboxylic acid groups (broad SMARTS) is 1. The first-order chi connectivity index (χ1) is 13.9. The van der Waals surface area contributed by atoms with E-state index in [1.165, 1.54) is 6.07 Å². The van der Waals surface area contributed by atoms with Crippen molar-refractivity contribution in [2.45, 2.75) is 0 Å². The highest BCUT2D eigenvalue weighted by molar-refractivity contribution is 6.12. The van der Waals surface area contributed by atoms with Crippen molar-refractivity contribution in [3.05, 3.63) is 60.1 Å². The Morgan fingerprint density at radius 3 is 2.55 bits per heavy atom. The molecule has 0 atom stereocenters. The number of carboxylic acids is 1. The number of fused-ring (bicyclic) bond motifs is 3. The molecule has 29 heavy (non-hydrogen) atoms. The third kappa shape index (κ3) is 3.10. The molecule has 0 saturated heterocycles. The maximum Gasteiger partial charge on any atom is 0.322 e. The Kier molecular flexibility index (Phi) is 4.30. The van der Waals surface area contributed by atoms with Crippen LogP contribution in [-0.2, 0) is 4.79 Å². The van der Waals surface area contributed by atoms with Crippen molar-refractivity contribution in [3.63, 3.8) is 0 Å². The standard InChI is InChI=1S/C19H12F2N4O4/c20-10-4-9(5-11(21)6-10)12-2-1-3-13-15(12)18-23-8-24-25(18)16(17(13)28)19(29)22-7-14(26)27/h1-6,8,28H,7H2,(H,22,29)(H,26,27). The molecule has 2 aromatic carbocycles. The monoisotopic (exact) mass is 398 g/mol. The van der Waals surface area contributed by atoms with E-state index in [4.69, 9.17) is 5.11 Å². The van der Waals surface area contributed by atoms with Crippen LogP contribution >= 0.6 is 0 Å². The second-order valence-corrected chi connectivity index (χ2v) is 6.16. The number of amides is 1. The van der Waals surface area contributed by atoms with Gasteiger partial charge in [-0.1, -0.05) is 18.2 Å². The average molecular weight is 398 g/mol. The summed E-state index contributed by atoms with van der Waals surface area (Å²) in [6, 6.07) is 7.65. The second kappa shape index (κ2) is 6.82. The number of hydrogen-bond acceptors (Lipinski definition) is 5. The van der Waals surface area contributed by atoms with Gasteiger partial charge >= 0.3 is 5.97 Å². The molecule has 0 saturated carbocycles. The molecule has 1 amide bonds. The van der Waals surface area contributed by atoms with Crippen LogP contribution < -0.4 is 5.32 Å². The van der Waals surface area contributed by atoms with Crippen LogP contribution in [0.5, 0.6) is 5.75 Å². The number of hydrogen-bond donors (Lipinski definition) is 3. The third-order valence-corrected chi connectivity index (χ3v) is 4.32. The number of carbonyl (C=O) groups excluding carboxylic acids is 1. The van der Waals surface area contributed by atoms with Crippen LogP contribution in [0.4, 0.5) is 8.78 Å². The Bertz CT molecular complexity index is 1280. The lowest BCUT2D eigenvalue weighted by Gasteiger charge is -2.13. The Labute approximate surface area is 161 Å². The summed E-state index contributed by atoms with van der Waals surface area (Å²) < 4.78 is 28.5. The second-order valence-electron chi connectivity index (χ2n) is 6.16. The minimum absolute atomic E-state index is 0.151. The predicted molar refractivity (Wildman–Crippen MR) is 97.5 cm³/mol. The van der Waals surface area contributed by atoms with E-state index in [1.54, 1.807) is 12.1 Å².